The average Bonchev–Trinajstić information content (AvgIpc) is 2.63. The maximum absolute atomic E-state index is 5.57. The zero-order valence-corrected chi connectivity index (χ0v) is 10.2. The van der Waals surface area contributed by atoms with E-state index in [1.54, 1.807) is 10.6 Å². The summed E-state index contributed by atoms with van der Waals surface area (Å²) < 4.78 is 2.51. The topological polar surface area (TPSA) is 68.2 Å². The lowest BCUT2D eigenvalue weighted by atomic mass is 10.5. The van der Waals surface area contributed by atoms with Gasteiger partial charge in [0.15, 0.2) is 5.65 Å². The third kappa shape index (κ3) is 1.94. The van der Waals surface area contributed by atoms with Gasteiger partial charge in [-0.1, -0.05) is 6.08 Å². The van der Waals surface area contributed by atoms with Crippen molar-refractivity contribution in [2.45, 2.75) is 6.54 Å². The number of anilines is 1. The van der Waals surface area contributed by atoms with Crippen LogP contribution in [0.1, 0.15) is 5.69 Å². The van der Waals surface area contributed by atoms with Gasteiger partial charge in [0.05, 0.1) is 5.69 Å². The van der Waals surface area contributed by atoms with Gasteiger partial charge in [-0.05, 0) is 28.1 Å². The lowest BCUT2D eigenvalue weighted by Gasteiger charge is -2.02. The fourth-order valence-electron chi connectivity index (χ4n) is 1.35. The van der Waals surface area contributed by atoms with E-state index in [2.05, 4.69) is 37.9 Å². The number of nitrogens with zero attached hydrogens (tertiary/aromatic N) is 3. The van der Waals surface area contributed by atoms with Gasteiger partial charge in [0.25, 0.3) is 0 Å². The van der Waals surface area contributed by atoms with Crippen molar-refractivity contribution >= 4 is 27.4 Å². The number of hydrogen-bond acceptors (Lipinski definition) is 4. The molecule has 0 aliphatic heterocycles. The minimum atomic E-state index is 0.388. The van der Waals surface area contributed by atoms with E-state index in [0.29, 0.717) is 13.1 Å². The molecule has 5 nitrogen and oxygen atoms in total. The summed E-state index contributed by atoms with van der Waals surface area (Å²) in [7, 11) is 0. The van der Waals surface area contributed by atoms with E-state index in [0.717, 1.165) is 21.8 Å². The van der Waals surface area contributed by atoms with Crippen molar-refractivity contribution in [2.75, 3.05) is 11.9 Å². The summed E-state index contributed by atoms with van der Waals surface area (Å²) in [4.78, 5) is 4.33. The van der Waals surface area contributed by atoms with Crippen LogP contribution in [0.25, 0.3) is 5.65 Å². The number of hydrogen-bond donors (Lipinski definition) is 2. The predicted molar refractivity (Wildman–Crippen MR) is 67.3 cm³/mol. The van der Waals surface area contributed by atoms with Crippen molar-refractivity contribution in [2.24, 2.45) is 5.73 Å². The summed E-state index contributed by atoms with van der Waals surface area (Å²) >= 11 is 3.42. The standard InChI is InChI=1S/C10H12BrN5/c1-2-5-13-8-3-4-9-14-7(6-12)10(11)16(9)15-8/h2-4H,1,5-6,12H2,(H,13,15). The molecule has 3 N–H and O–H groups in total. The maximum Gasteiger partial charge on any atom is 0.155 e. The Morgan fingerprint density at radius 3 is 3.06 bits per heavy atom. The first-order valence-corrected chi connectivity index (χ1v) is 5.64. The van der Waals surface area contributed by atoms with Crippen molar-refractivity contribution in [1.82, 2.24) is 14.6 Å². The van der Waals surface area contributed by atoms with Crippen LogP contribution in [0.5, 0.6) is 0 Å². The zero-order chi connectivity index (χ0) is 11.5. The third-order valence-electron chi connectivity index (χ3n) is 2.11. The highest BCUT2D eigenvalue weighted by Gasteiger charge is 2.09. The Bertz CT molecular complexity index is 519. The van der Waals surface area contributed by atoms with Crippen molar-refractivity contribution in [1.29, 1.82) is 0 Å². The summed E-state index contributed by atoms with van der Waals surface area (Å²) in [5.41, 5.74) is 7.14. The Kier molecular flexibility index (Phi) is 3.21. The minimum absolute atomic E-state index is 0.388. The summed E-state index contributed by atoms with van der Waals surface area (Å²) in [6.45, 7) is 4.70. The molecule has 0 aliphatic carbocycles. The number of nitrogens with two attached hydrogens (primary N) is 1. The average molecular weight is 282 g/mol. The third-order valence-corrected chi connectivity index (χ3v) is 2.90. The number of halogens is 1. The molecular weight excluding hydrogens is 270 g/mol. The molecule has 2 rings (SSSR count). The van der Waals surface area contributed by atoms with Gasteiger partial charge in [0.1, 0.15) is 10.4 Å². The molecule has 0 unspecified atom stereocenters. The molecule has 0 saturated carbocycles. The molecule has 16 heavy (non-hydrogen) atoms. The normalized spacial score (nSPS) is 10.6. The van der Waals surface area contributed by atoms with Crippen LogP contribution in [0, 0.1) is 0 Å². The lowest BCUT2D eigenvalue weighted by Crippen LogP contribution is -2.03. The first-order valence-electron chi connectivity index (χ1n) is 4.85. The molecule has 0 amide bonds. The fourth-order valence-corrected chi connectivity index (χ4v) is 1.86. The second kappa shape index (κ2) is 4.63. The molecule has 0 aromatic carbocycles. The number of rotatable bonds is 4. The molecule has 2 aromatic rings. The molecular formula is C10H12BrN5. The van der Waals surface area contributed by atoms with E-state index >= 15 is 0 Å². The van der Waals surface area contributed by atoms with Gasteiger partial charge in [-0.3, -0.25) is 0 Å². The highest BCUT2D eigenvalue weighted by Crippen LogP contribution is 2.18. The van der Waals surface area contributed by atoms with Crippen LogP contribution in [0.2, 0.25) is 0 Å². The Hall–Kier alpha value is -1.40. The van der Waals surface area contributed by atoms with Crippen LogP contribution >= 0.6 is 15.9 Å². The van der Waals surface area contributed by atoms with Gasteiger partial charge in [-0.2, -0.15) is 0 Å². The minimum Gasteiger partial charge on any atom is -0.365 e. The van der Waals surface area contributed by atoms with Gasteiger partial charge in [-0.15, -0.1) is 11.7 Å². The summed E-state index contributed by atoms with van der Waals surface area (Å²) in [5.74, 6) is 0.772. The van der Waals surface area contributed by atoms with Gasteiger partial charge >= 0.3 is 0 Å². The molecule has 0 atom stereocenters. The highest BCUT2D eigenvalue weighted by atomic mass is 79.9. The Morgan fingerprint density at radius 1 is 1.56 bits per heavy atom. The Morgan fingerprint density at radius 2 is 2.38 bits per heavy atom. The second-order valence-corrected chi connectivity index (χ2v) is 3.96. The summed E-state index contributed by atoms with van der Waals surface area (Å²) in [5, 5.41) is 7.48. The van der Waals surface area contributed by atoms with Gasteiger partial charge in [0.2, 0.25) is 0 Å². The van der Waals surface area contributed by atoms with Crippen LogP contribution in [0.4, 0.5) is 5.82 Å². The SMILES string of the molecule is C=CCNc1ccc2nc(CN)c(Br)n2n1. The van der Waals surface area contributed by atoms with Gasteiger partial charge < -0.3 is 11.1 Å². The van der Waals surface area contributed by atoms with Crippen molar-refractivity contribution in [3.05, 3.63) is 35.1 Å². The van der Waals surface area contributed by atoms with Gasteiger partial charge in [-0.25, -0.2) is 9.50 Å². The Labute approximate surface area is 101 Å². The first kappa shape index (κ1) is 11.1. The van der Waals surface area contributed by atoms with E-state index in [-0.39, 0.29) is 0 Å². The lowest BCUT2D eigenvalue weighted by molar-refractivity contribution is 0.903. The maximum atomic E-state index is 5.57. The summed E-state index contributed by atoms with van der Waals surface area (Å²) in [6, 6.07) is 3.76. The molecule has 0 fully saturated rings. The number of aromatic nitrogens is 3. The molecule has 2 heterocycles. The Balaban J connectivity index is 2.43. The molecule has 0 saturated heterocycles. The smallest absolute Gasteiger partial charge is 0.155 e. The highest BCUT2D eigenvalue weighted by molar-refractivity contribution is 9.10. The van der Waals surface area contributed by atoms with Crippen molar-refractivity contribution in [3.8, 4) is 0 Å². The monoisotopic (exact) mass is 281 g/mol. The largest absolute Gasteiger partial charge is 0.365 e. The van der Waals surface area contributed by atoms with E-state index in [4.69, 9.17) is 5.73 Å². The van der Waals surface area contributed by atoms with E-state index in [1.165, 1.54) is 0 Å². The molecule has 6 heteroatoms. The van der Waals surface area contributed by atoms with Crippen LogP contribution in [0.3, 0.4) is 0 Å². The molecule has 0 bridgehead atoms. The van der Waals surface area contributed by atoms with Crippen molar-refractivity contribution < 1.29 is 0 Å². The predicted octanol–water partition coefficient (Wildman–Crippen LogP) is 1.55. The van der Waals surface area contributed by atoms with Crippen molar-refractivity contribution in [3.63, 3.8) is 0 Å². The van der Waals surface area contributed by atoms with Gasteiger partial charge in [0, 0.05) is 13.1 Å². The fraction of sp³-hybridized carbons (Fsp3) is 0.200. The van der Waals surface area contributed by atoms with Crippen LogP contribution in [-0.2, 0) is 6.54 Å². The zero-order valence-electron chi connectivity index (χ0n) is 8.65. The summed E-state index contributed by atoms with van der Waals surface area (Å²) in [6.07, 6.45) is 1.78. The number of fused-ring (bicyclic) bond motifs is 1. The second-order valence-electron chi connectivity index (χ2n) is 3.21. The molecule has 0 radical (unpaired) electrons. The van der Waals surface area contributed by atoms with E-state index < -0.39 is 0 Å². The molecule has 0 spiro atoms. The molecule has 84 valence electrons. The first-order chi connectivity index (χ1) is 7.76. The molecule has 0 aliphatic rings. The van der Waals surface area contributed by atoms with Crippen LogP contribution in [0.15, 0.2) is 29.4 Å². The number of imidazole rings is 1. The number of nitrogens with one attached hydrogen (secondary N) is 1. The quantitative estimate of drug-likeness (QED) is 0.835. The molecule has 2 aromatic heterocycles. The van der Waals surface area contributed by atoms with Crippen LogP contribution < -0.4 is 11.1 Å². The van der Waals surface area contributed by atoms with Crippen LogP contribution in [-0.4, -0.2) is 21.1 Å². The van der Waals surface area contributed by atoms with E-state index in [1.807, 2.05) is 12.1 Å². The van der Waals surface area contributed by atoms with E-state index in [9.17, 15) is 0 Å².